The Balaban J connectivity index is 4.48. The van der Waals surface area contributed by atoms with E-state index < -0.39 is 0 Å². The van der Waals surface area contributed by atoms with Gasteiger partial charge in [0.2, 0.25) is 5.91 Å². The predicted molar refractivity (Wildman–Crippen MR) is 71.2 cm³/mol. The molecule has 0 radical (unpaired) electrons. The number of hydrogen-bond donors (Lipinski definition) is 1. The first-order valence-corrected chi connectivity index (χ1v) is 6.57. The zero-order chi connectivity index (χ0) is 14.1. The van der Waals surface area contributed by atoms with Crippen molar-refractivity contribution in [3.8, 4) is 0 Å². The molecule has 0 spiro atoms. The summed E-state index contributed by atoms with van der Waals surface area (Å²) in [6.07, 6.45) is 1.78. The number of methoxy groups -OCH3 is 1. The average Bonchev–Trinajstić information content (AvgIpc) is 2.36. The van der Waals surface area contributed by atoms with Gasteiger partial charge < -0.3 is 10.1 Å². The number of nitrogens with one attached hydrogen (secondary N) is 1. The lowest BCUT2D eigenvalue weighted by molar-refractivity contribution is -0.143. The summed E-state index contributed by atoms with van der Waals surface area (Å²) < 4.78 is 4.65. The van der Waals surface area contributed by atoms with Gasteiger partial charge in [-0.1, -0.05) is 13.8 Å². The van der Waals surface area contributed by atoms with Gasteiger partial charge in [0.05, 0.1) is 19.7 Å². The first-order valence-electron chi connectivity index (χ1n) is 6.57. The van der Waals surface area contributed by atoms with Crippen molar-refractivity contribution >= 4 is 11.9 Å². The fourth-order valence-corrected chi connectivity index (χ4v) is 1.56. The van der Waals surface area contributed by atoms with Gasteiger partial charge in [0, 0.05) is 6.04 Å². The van der Waals surface area contributed by atoms with Crippen molar-refractivity contribution in [1.82, 2.24) is 10.2 Å². The molecule has 2 atom stereocenters. The van der Waals surface area contributed by atoms with Crippen LogP contribution in [0, 0.1) is 0 Å². The van der Waals surface area contributed by atoms with Crippen LogP contribution in [0.5, 0.6) is 0 Å². The van der Waals surface area contributed by atoms with E-state index in [9.17, 15) is 9.59 Å². The molecule has 0 rings (SSSR count). The summed E-state index contributed by atoms with van der Waals surface area (Å²) in [5.74, 6) is -0.353. The fourth-order valence-electron chi connectivity index (χ4n) is 1.56. The van der Waals surface area contributed by atoms with E-state index in [-0.39, 0.29) is 30.5 Å². The van der Waals surface area contributed by atoms with Crippen LogP contribution < -0.4 is 5.32 Å². The van der Waals surface area contributed by atoms with Gasteiger partial charge in [0.1, 0.15) is 0 Å². The molecule has 5 heteroatoms. The maximum atomic E-state index is 12.0. The number of amides is 1. The Morgan fingerprint density at radius 3 is 2.33 bits per heavy atom. The first-order chi connectivity index (χ1) is 8.46. The molecular formula is C13H26N2O3. The van der Waals surface area contributed by atoms with Gasteiger partial charge in [0.15, 0.2) is 0 Å². The van der Waals surface area contributed by atoms with Crippen LogP contribution in [0.1, 0.15) is 40.5 Å². The van der Waals surface area contributed by atoms with E-state index in [0.29, 0.717) is 6.54 Å². The summed E-state index contributed by atoms with van der Waals surface area (Å²) in [5, 5.41) is 2.93. The van der Waals surface area contributed by atoms with Crippen LogP contribution in [0.4, 0.5) is 0 Å². The molecule has 0 aliphatic carbocycles. The van der Waals surface area contributed by atoms with Crippen molar-refractivity contribution in [3.63, 3.8) is 0 Å². The second kappa shape index (κ2) is 8.91. The van der Waals surface area contributed by atoms with E-state index >= 15 is 0 Å². The number of ether oxygens (including phenoxy) is 1. The molecule has 2 unspecified atom stereocenters. The standard InChI is InChI=1S/C13H26N2O3/c1-6-8-15(9-12(16)18-5)11(4)13(17)14-10(3)7-2/h10-11H,6-9H2,1-5H3,(H,14,17). The monoisotopic (exact) mass is 258 g/mol. The lowest BCUT2D eigenvalue weighted by atomic mass is 10.2. The Labute approximate surface area is 110 Å². The predicted octanol–water partition coefficient (Wildman–Crippen LogP) is 1.17. The summed E-state index contributed by atoms with van der Waals surface area (Å²) in [5.41, 5.74) is 0. The average molecular weight is 258 g/mol. The highest BCUT2D eigenvalue weighted by Gasteiger charge is 2.23. The van der Waals surface area contributed by atoms with Crippen LogP contribution in [0.3, 0.4) is 0 Å². The third-order valence-corrected chi connectivity index (χ3v) is 3.00. The molecule has 0 bridgehead atoms. The topological polar surface area (TPSA) is 58.6 Å². The van der Waals surface area contributed by atoms with E-state index in [2.05, 4.69) is 10.1 Å². The van der Waals surface area contributed by atoms with Crippen molar-refractivity contribution in [2.24, 2.45) is 0 Å². The molecule has 0 aliphatic rings. The zero-order valence-corrected chi connectivity index (χ0v) is 12.2. The van der Waals surface area contributed by atoms with Gasteiger partial charge in [-0.15, -0.1) is 0 Å². The molecule has 1 N–H and O–H groups in total. The zero-order valence-electron chi connectivity index (χ0n) is 12.2. The maximum absolute atomic E-state index is 12.0. The molecule has 0 saturated heterocycles. The lowest BCUT2D eigenvalue weighted by Crippen LogP contribution is -2.49. The molecule has 0 aliphatic heterocycles. The molecule has 0 aromatic heterocycles. The van der Waals surface area contributed by atoms with Gasteiger partial charge in [0.25, 0.3) is 0 Å². The van der Waals surface area contributed by atoms with Crippen LogP contribution in [0.25, 0.3) is 0 Å². The Bertz CT molecular complexity index is 269. The highest BCUT2D eigenvalue weighted by Crippen LogP contribution is 2.03. The van der Waals surface area contributed by atoms with Gasteiger partial charge in [-0.05, 0) is 33.2 Å². The van der Waals surface area contributed by atoms with Crippen molar-refractivity contribution in [2.45, 2.75) is 52.6 Å². The van der Waals surface area contributed by atoms with Gasteiger partial charge in [-0.25, -0.2) is 0 Å². The first kappa shape index (κ1) is 16.9. The minimum absolute atomic E-state index is 0.0401. The number of nitrogens with zero attached hydrogens (tertiary/aromatic N) is 1. The normalized spacial score (nSPS) is 14.1. The molecule has 0 saturated carbocycles. The summed E-state index contributed by atoms with van der Waals surface area (Å²) in [6.45, 7) is 8.67. The molecule has 0 aromatic carbocycles. The third kappa shape index (κ3) is 6.00. The third-order valence-electron chi connectivity index (χ3n) is 3.00. The molecule has 106 valence electrons. The van der Waals surface area contributed by atoms with E-state index in [1.165, 1.54) is 7.11 Å². The fraction of sp³-hybridized carbons (Fsp3) is 0.846. The summed E-state index contributed by atoms with van der Waals surface area (Å²) in [7, 11) is 1.36. The molecule has 5 nitrogen and oxygen atoms in total. The largest absolute Gasteiger partial charge is 0.468 e. The molecular weight excluding hydrogens is 232 g/mol. The second-order valence-electron chi connectivity index (χ2n) is 4.54. The Hall–Kier alpha value is -1.10. The number of rotatable bonds is 8. The van der Waals surface area contributed by atoms with Crippen LogP contribution in [0.2, 0.25) is 0 Å². The van der Waals surface area contributed by atoms with Crippen molar-refractivity contribution in [3.05, 3.63) is 0 Å². The minimum Gasteiger partial charge on any atom is -0.468 e. The maximum Gasteiger partial charge on any atom is 0.319 e. The van der Waals surface area contributed by atoms with Gasteiger partial charge in [-0.2, -0.15) is 0 Å². The SMILES string of the molecule is CCCN(CC(=O)OC)C(C)C(=O)NC(C)CC. The summed E-state index contributed by atoms with van der Waals surface area (Å²) >= 11 is 0. The molecule has 1 amide bonds. The second-order valence-corrected chi connectivity index (χ2v) is 4.54. The van der Waals surface area contributed by atoms with E-state index in [0.717, 1.165) is 12.8 Å². The quantitative estimate of drug-likeness (QED) is 0.664. The molecule has 0 aromatic rings. The number of esters is 1. The van der Waals surface area contributed by atoms with Crippen LogP contribution in [-0.4, -0.2) is 49.1 Å². The van der Waals surface area contributed by atoms with E-state index in [4.69, 9.17) is 0 Å². The van der Waals surface area contributed by atoms with Crippen molar-refractivity contribution < 1.29 is 14.3 Å². The molecule has 0 heterocycles. The smallest absolute Gasteiger partial charge is 0.319 e. The number of hydrogen-bond acceptors (Lipinski definition) is 4. The molecule has 0 fully saturated rings. The van der Waals surface area contributed by atoms with E-state index in [1.54, 1.807) is 0 Å². The molecule has 18 heavy (non-hydrogen) atoms. The van der Waals surface area contributed by atoms with Crippen LogP contribution in [-0.2, 0) is 14.3 Å². The highest BCUT2D eigenvalue weighted by atomic mass is 16.5. The van der Waals surface area contributed by atoms with Crippen LogP contribution in [0.15, 0.2) is 0 Å². The van der Waals surface area contributed by atoms with E-state index in [1.807, 2.05) is 32.6 Å². The van der Waals surface area contributed by atoms with Gasteiger partial charge in [-0.3, -0.25) is 14.5 Å². The summed E-state index contributed by atoms with van der Waals surface area (Å²) in [6, 6.07) is -0.167. The summed E-state index contributed by atoms with van der Waals surface area (Å²) in [4.78, 5) is 25.1. The minimum atomic E-state index is -0.321. The van der Waals surface area contributed by atoms with Gasteiger partial charge >= 0.3 is 5.97 Å². The Morgan fingerprint density at radius 1 is 1.28 bits per heavy atom. The lowest BCUT2D eigenvalue weighted by Gasteiger charge is -2.27. The van der Waals surface area contributed by atoms with Crippen LogP contribution >= 0.6 is 0 Å². The Kier molecular flexibility index (Phi) is 8.37. The number of carbonyl (C=O) groups excluding carboxylic acids is 2. The highest BCUT2D eigenvalue weighted by molar-refractivity contribution is 5.82. The van der Waals surface area contributed by atoms with Crippen molar-refractivity contribution in [2.75, 3.05) is 20.2 Å². The Morgan fingerprint density at radius 2 is 1.89 bits per heavy atom. The van der Waals surface area contributed by atoms with Crippen molar-refractivity contribution in [1.29, 1.82) is 0 Å². The number of carbonyl (C=O) groups is 2.